The molecular weight excluding hydrogens is 319 g/mol. The second-order valence-corrected chi connectivity index (χ2v) is 4.29. The lowest BCUT2D eigenvalue weighted by atomic mass is 10.3. The Bertz CT molecular complexity index is 738. The molecule has 23 heavy (non-hydrogen) atoms. The van der Waals surface area contributed by atoms with Crippen LogP contribution < -0.4 is 5.32 Å². The molecule has 1 amide bonds. The Balaban J connectivity index is 2.21. The number of hydrogen-bond donors (Lipinski definition) is 1. The molecule has 122 valence electrons. The van der Waals surface area contributed by atoms with Crippen molar-refractivity contribution in [2.75, 3.05) is 12.4 Å². The van der Waals surface area contributed by atoms with Crippen molar-refractivity contribution in [1.29, 1.82) is 0 Å². The maximum Gasteiger partial charge on any atom is 0.452 e. The number of nitrogens with zero attached hydrogens (tertiary/aromatic N) is 2. The second-order valence-electron chi connectivity index (χ2n) is 4.29. The highest BCUT2D eigenvalue weighted by Crippen LogP contribution is 2.32. The molecule has 0 fully saturated rings. The molecule has 7 nitrogen and oxygen atoms in total. The fourth-order valence-corrected chi connectivity index (χ4v) is 1.66. The molecule has 2 heterocycles. The van der Waals surface area contributed by atoms with Gasteiger partial charge in [-0.1, -0.05) is 0 Å². The van der Waals surface area contributed by atoms with E-state index < -0.39 is 29.5 Å². The number of carbonyl (C=O) groups excluding carboxylic acids is 2. The molecule has 0 aromatic carbocycles. The van der Waals surface area contributed by atoms with E-state index in [0.717, 1.165) is 6.20 Å². The van der Waals surface area contributed by atoms with Crippen molar-refractivity contribution < 1.29 is 31.9 Å². The predicted molar refractivity (Wildman–Crippen MR) is 69.8 cm³/mol. The average Bonchev–Trinajstić information content (AvgIpc) is 2.89. The summed E-state index contributed by atoms with van der Waals surface area (Å²) in [6.07, 6.45) is -3.74. The highest BCUT2D eigenvalue weighted by Gasteiger charge is 2.41. The summed E-state index contributed by atoms with van der Waals surface area (Å²) in [6.45, 7) is 1.19. The van der Waals surface area contributed by atoms with E-state index in [-0.39, 0.29) is 17.3 Å². The number of hydrogen-bond acceptors (Lipinski definition) is 6. The molecule has 0 aliphatic carbocycles. The molecule has 10 heteroatoms. The van der Waals surface area contributed by atoms with Gasteiger partial charge in [-0.15, -0.1) is 0 Å². The number of aryl methyl sites for hydroxylation is 1. The van der Waals surface area contributed by atoms with Crippen LogP contribution in [0.4, 0.5) is 18.9 Å². The van der Waals surface area contributed by atoms with Crippen LogP contribution in [0.1, 0.15) is 32.6 Å². The van der Waals surface area contributed by atoms with Crippen LogP contribution in [0.2, 0.25) is 0 Å². The standard InChI is InChI=1S/C13H10F3N3O4/c1-6-18-9(10(23-6)13(14,15)16)11(20)19-7-3-4-8(17-5-7)12(21)22-2/h3-5H,1-2H3,(H,19,20). The number of nitrogens with one attached hydrogen (secondary N) is 1. The smallest absolute Gasteiger partial charge is 0.452 e. The first-order valence-electron chi connectivity index (χ1n) is 6.12. The van der Waals surface area contributed by atoms with E-state index in [0.29, 0.717) is 0 Å². The third-order valence-electron chi connectivity index (χ3n) is 2.62. The molecule has 2 rings (SSSR count). The Kier molecular flexibility index (Phi) is 4.34. The van der Waals surface area contributed by atoms with Crippen molar-refractivity contribution >= 4 is 17.6 Å². The van der Waals surface area contributed by atoms with E-state index in [4.69, 9.17) is 0 Å². The number of oxazole rings is 1. The zero-order valence-corrected chi connectivity index (χ0v) is 11.9. The Morgan fingerprint density at radius 3 is 2.52 bits per heavy atom. The summed E-state index contributed by atoms with van der Waals surface area (Å²) in [7, 11) is 1.17. The SMILES string of the molecule is COC(=O)c1ccc(NC(=O)c2nc(C)oc2C(F)(F)F)cn1. The maximum atomic E-state index is 12.8. The normalized spacial score (nSPS) is 11.2. The number of esters is 1. The van der Waals surface area contributed by atoms with Crippen LogP contribution in [-0.2, 0) is 10.9 Å². The van der Waals surface area contributed by atoms with Crippen LogP contribution in [0.15, 0.2) is 22.7 Å². The molecule has 0 unspecified atom stereocenters. The number of ether oxygens (including phenoxy) is 1. The fraction of sp³-hybridized carbons (Fsp3) is 0.231. The van der Waals surface area contributed by atoms with Crippen molar-refractivity contribution in [1.82, 2.24) is 9.97 Å². The molecule has 1 N–H and O–H groups in total. The van der Waals surface area contributed by atoms with Gasteiger partial charge in [0.15, 0.2) is 11.6 Å². The van der Waals surface area contributed by atoms with E-state index >= 15 is 0 Å². The van der Waals surface area contributed by atoms with Crippen molar-refractivity contribution in [2.24, 2.45) is 0 Å². The maximum absolute atomic E-state index is 12.8. The molecule has 0 atom stereocenters. The zero-order valence-electron chi connectivity index (χ0n) is 11.9. The Morgan fingerprint density at radius 1 is 1.30 bits per heavy atom. The molecule has 0 saturated heterocycles. The van der Waals surface area contributed by atoms with Gasteiger partial charge in [-0.3, -0.25) is 4.79 Å². The Labute approximate surface area is 127 Å². The summed E-state index contributed by atoms with van der Waals surface area (Å²) in [6, 6.07) is 2.54. The molecule has 2 aromatic heterocycles. The molecule has 0 spiro atoms. The lowest BCUT2D eigenvalue weighted by Crippen LogP contribution is -2.18. The first-order valence-corrected chi connectivity index (χ1v) is 6.12. The first-order chi connectivity index (χ1) is 10.7. The van der Waals surface area contributed by atoms with Crippen LogP contribution in [0.25, 0.3) is 0 Å². The summed E-state index contributed by atoms with van der Waals surface area (Å²) in [4.78, 5) is 30.3. The fourth-order valence-electron chi connectivity index (χ4n) is 1.66. The number of carbonyl (C=O) groups is 2. The van der Waals surface area contributed by atoms with E-state index in [1.54, 1.807) is 0 Å². The third-order valence-corrected chi connectivity index (χ3v) is 2.62. The van der Waals surface area contributed by atoms with Gasteiger partial charge in [0.2, 0.25) is 5.76 Å². The summed E-state index contributed by atoms with van der Waals surface area (Å²) >= 11 is 0. The largest absolute Gasteiger partial charge is 0.464 e. The van der Waals surface area contributed by atoms with Gasteiger partial charge in [-0.2, -0.15) is 13.2 Å². The summed E-state index contributed by atoms with van der Waals surface area (Å²) in [5, 5.41) is 2.19. The minimum absolute atomic E-state index is 0.0150. The molecule has 0 aliphatic rings. The monoisotopic (exact) mass is 329 g/mol. The summed E-state index contributed by atoms with van der Waals surface area (Å²) < 4.78 is 47.2. The number of alkyl halides is 3. The van der Waals surface area contributed by atoms with Gasteiger partial charge in [0.05, 0.1) is 19.0 Å². The minimum Gasteiger partial charge on any atom is -0.464 e. The first kappa shape index (κ1) is 16.5. The van der Waals surface area contributed by atoms with Gasteiger partial charge in [0.1, 0.15) is 5.69 Å². The molecule has 2 aromatic rings. The van der Waals surface area contributed by atoms with Crippen LogP contribution in [0.3, 0.4) is 0 Å². The number of rotatable bonds is 3. The van der Waals surface area contributed by atoms with Gasteiger partial charge in [-0.05, 0) is 12.1 Å². The third kappa shape index (κ3) is 3.65. The molecular formula is C13H10F3N3O4. The van der Waals surface area contributed by atoms with Crippen LogP contribution >= 0.6 is 0 Å². The van der Waals surface area contributed by atoms with Gasteiger partial charge < -0.3 is 14.5 Å². The van der Waals surface area contributed by atoms with Crippen LogP contribution in [0.5, 0.6) is 0 Å². The Morgan fingerprint density at radius 2 is 2.00 bits per heavy atom. The van der Waals surface area contributed by atoms with E-state index in [1.807, 2.05) is 0 Å². The zero-order chi connectivity index (χ0) is 17.2. The highest BCUT2D eigenvalue weighted by atomic mass is 19.4. The van der Waals surface area contributed by atoms with E-state index in [1.165, 1.54) is 26.2 Å². The second kappa shape index (κ2) is 6.07. The van der Waals surface area contributed by atoms with Gasteiger partial charge in [0, 0.05) is 6.92 Å². The minimum atomic E-state index is -4.85. The van der Waals surface area contributed by atoms with E-state index in [9.17, 15) is 22.8 Å². The van der Waals surface area contributed by atoms with E-state index in [2.05, 4.69) is 24.4 Å². The van der Waals surface area contributed by atoms with Crippen molar-refractivity contribution in [2.45, 2.75) is 13.1 Å². The number of halogens is 3. The lowest BCUT2D eigenvalue weighted by Gasteiger charge is -2.06. The van der Waals surface area contributed by atoms with Gasteiger partial charge >= 0.3 is 12.1 Å². The summed E-state index contributed by atoms with van der Waals surface area (Å²) in [5.74, 6) is -3.57. The number of pyridine rings is 1. The van der Waals surface area contributed by atoms with Crippen molar-refractivity contribution in [3.63, 3.8) is 0 Å². The molecule has 0 saturated carbocycles. The number of methoxy groups -OCH3 is 1. The van der Waals surface area contributed by atoms with Crippen LogP contribution in [-0.4, -0.2) is 29.0 Å². The number of anilines is 1. The molecule has 0 bridgehead atoms. The van der Waals surface area contributed by atoms with Crippen molar-refractivity contribution in [3.05, 3.63) is 41.4 Å². The lowest BCUT2D eigenvalue weighted by molar-refractivity contribution is -0.153. The quantitative estimate of drug-likeness (QED) is 0.869. The Hall–Kier alpha value is -2.91. The summed E-state index contributed by atoms with van der Waals surface area (Å²) in [5.41, 5.74) is -0.817. The average molecular weight is 329 g/mol. The number of aromatic nitrogens is 2. The number of amides is 1. The van der Waals surface area contributed by atoms with Gasteiger partial charge in [0.25, 0.3) is 5.91 Å². The predicted octanol–water partition coefficient (Wildman–Crippen LogP) is 2.44. The topological polar surface area (TPSA) is 94.3 Å². The highest BCUT2D eigenvalue weighted by molar-refractivity contribution is 6.03. The van der Waals surface area contributed by atoms with Crippen molar-refractivity contribution in [3.8, 4) is 0 Å². The molecule has 0 radical (unpaired) electrons. The molecule has 0 aliphatic heterocycles. The van der Waals surface area contributed by atoms with Gasteiger partial charge in [-0.25, -0.2) is 14.8 Å². The van der Waals surface area contributed by atoms with Crippen LogP contribution in [0, 0.1) is 6.92 Å².